The fraction of sp³-hybridized carbons (Fsp3) is 0.600. The summed E-state index contributed by atoms with van der Waals surface area (Å²) in [4.78, 5) is -0.335. The van der Waals surface area contributed by atoms with Crippen molar-refractivity contribution in [3.05, 3.63) is 28.8 Å². The maximum absolute atomic E-state index is 13.0. The molecule has 2 atom stereocenters. The van der Waals surface area contributed by atoms with Gasteiger partial charge in [-0.1, -0.05) is 11.6 Å². The lowest BCUT2D eigenvalue weighted by Crippen LogP contribution is -2.47. The molecule has 2 bridgehead atoms. The van der Waals surface area contributed by atoms with Crippen molar-refractivity contribution in [2.75, 3.05) is 6.26 Å². The molecule has 2 unspecified atom stereocenters. The zero-order valence-corrected chi connectivity index (χ0v) is 15.3. The Labute approximate surface area is 148 Å². The number of fused-ring (bicyclic) bond motifs is 2. The molecule has 0 N–H and O–H groups in total. The molecule has 2 heterocycles. The van der Waals surface area contributed by atoms with Crippen LogP contribution >= 0.6 is 23.4 Å². The van der Waals surface area contributed by atoms with E-state index in [0.717, 1.165) is 37.8 Å². The molecule has 2 saturated heterocycles. The molecular weight excluding hydrogens is 383 g/mol. The summed E-state index contributed by atoms with van der Waals surface area (Å²) in [6.45, 7) is 0. The number of sulfonamides is 1. The Morgan fingerprint density at radius 2 is 1.79 bits per heavy atom. The molecule has 0 aliphatic carbocycles. The summed E-state index contributed by atoms with van der Waals surface area (Å²) in [5.74, 6) is 0. The number of hydrogen-bond donors (Lipinski definition) is 0. The lowest BCUT2D eigenvalue weighted by atomic mass is 10.1. The minimum absolute atomic E-state index is 0.129. The summed E-state index contributed by atoms with van der Waals surface area (Å²) in [7, 11) is -3.96. The van der Waals surface area contributed by atoms with Crippen LogP contribution in [0.5, 0.6) is 0 Å². The van der Waals surface area contributed by atoms with Gasteiger partial charge in [0, 0.05) is 17.3 Å². The molecule has 0 aromatic heterocycles. The van der Waals surface area contributed by atoms with Crippen LogP contribution in [0.3, 0.4) is 0 Å². The van der Waals surface area contributed by atoms with Crippen LogP contribution < -0.4 is 0 Å². The van der Waals surface area contributed by atoms with Crippen molar-refractivity contribution in [1.29, 1.82) is 0 Å². The number of hydrogen-bond acceptors (Lipinski definition) is 3. The Balaban J connectivity index is 1.98. The van der Waals surface area contributed by atoms with E-state index >= 15 is 0 Å². The maximum Gasteiger partial charge on any atom is 0.417 e. The van der Waals surface area contributed by atoms with Crippen molar-refractivity contribution in [3.63, 3.8) is 0 Å². The van der Waals surface area contributed by atoms with E-state index < -0.39 is 26.8 Å². The van der Waals surface area contributed by atoms with Gasteiger partial charge in [-0.3, -0.25) is 0 Å². The fourth-order valence-electron chi connectivity index (χ4n) is 3.67. The SMILES string of the molecule is CSC1CC2CCC(C1)N2S(=O)(=O)c1ccc(Cl)c(C(F)(F)F)c1. The van der Waals surface area contributed by atoms with Crippen molar-refractivity contribution in [1.82, 2.24) is 4.31 Å². The first-order chi connectivity index (χ1) is 11.1. The van der Waals surface area contributed by atoms with Crippen LogP contribution in [0.15, 0.2) is 23.1 Å². The molecule has 24 heavy (non-hydrogen) atoms. The van der Waals surface area contributed by atoms with Gasteiger partial charge in [0.1, 0.15) is 0 Å². The van der Waals surface area contributed by atoms with E-state index in [4.69, 9.17) is 11.6 Å². The van der Waals surface area contributed by atoms with Crippen molar-refractivity contribution in [3.8, 4) is 0 Å². The minimum atomic E-state index is -4.69. The van der Waals surface area contributed by atoms with Gasteiger partial charge in [0.2, 0.25) is 10.0 Å². The highest BCUT2D eigenvalue weighted by Gasteiger charge is 2.47. The molecule has 0 radical (unpaired) electrons. The lowest BCUT2D eigenvalue weighted by Gasteiger charge is -2.37. The van der Waals surface area contributed by atoms with Crippen LogP contribution in [0.25, 0.3) is 0 Å². The van der Waals surface area contributed by atoms with Crippen LogP contribution in [-0.4, -0.2) is 36.3 Å². The molecule has 1 aromatic rings. The fourth-order valence-corrected chi connectivity index (χ4v) is 6.64. The number of thioether (sulfide) groups is 1. The van der Waals surface area contributed by atoms with Gasteiger partial charge in [0.05, 0.1) is 15.5 Å². The van der Waals surface area contributed by atoms with Gasteiger partial charge >= 0.3 is 6.18 Å². The van der Waals surface area contributed by atoms with E-state index in [1.165, 1.54) is 4.31 Å². The highest BCUT2D eigenvalue weighted by Crippen LogP contribution is 2.43. The van der Waals surface area contributed by atoms with E-state index in [2.05, 4.69) is 0 Å². The third-order valence-electron chi connectivity index (χ3n) is 4.77. The Bertz CT molecular complexity index is 725. The zero-order valence-electron chi connectivity index (χ0n) is 12.9. The quantitative estimate of drug-likeness (QED) is 0.755. The third-order valence-corrected chi connectivity index (χ3v) is 8.16. The predicted octanol–water partition coefficient (Wildman–Crippen LogP) is 4.41. The lowest BCUT2D eigenvalue weighted by molar-refractivity contribution is -0.137. The highest BCUT2D eigenvalue weighted by atomic mass is 35.5. The molecule has 2 fully saturated rings. The third kappa shape index (κ3) is 3.18. The number of piperidine rings is 1. The highest BCUT2D eigenvalue weighted by molar-refractivity contribution is 7.99. The topological polar surface area (TPSA) is 37.4 Å². The molecule has 1 aromatic carbocycles. The average molecular weight is 400 g/mol. The molecule has 134 valence electrons. The van der Waals surface area contributed by atoms with Gasteiger partial charge < -0.3 is 0 Å². The minimum Gasteiger partial charge on any atom is -0.207 e. The van der Waals surface area contributed by atoms with Gasteiger partial charge in [-0.05, 0) is 50.1 Å². The van der Waals surface area contributed by atoms with Gasteiger partial charge in [-0.15, -0.1) is 0 Å². The number of rotatable bonds is 3. The smallest absolute Gasteiger partial charge is 0.207 e. The molecule has 0 spiro atoms. The Hall–Kier alpha value is -0.440. The van der Waals surface area contributed by atoms with Gasteiger partial charge in [0.25, 0.3) is 0 Å². The van der Waals surface area contributed by atoms with Gasteiger partial charge in [0.15, 0.2) is 0 Å². The van der Waals surface area contributed by atoms with Crippen molar-refractivity contribution < 1.29 is 21.6 Å². The van der Waals surface area contributed by atoms with Gasteiger partial charge in [-0.2, -0.15) is 29.2 Å². The molecule has 0 amide bonds. The molecule has 2 aliphatic rings. The van der Waals surface area contributed by atoms with E-state index in [1.807, 2.05) is 6.26 Å². The summed E-state index contributed by atoms with van der Waals surface area (Å²) >= 11 is 7.31. The first kappa shape index (κ1) is 18.4. The average Bonchev–Trinajstić information content (AvgIpc) is 2.78. The van der Waals surface area contributed by atoms with Gasteiger partial charge in [-0.25, -0.2) is 8.42 Å². The van der Waals surface area contributed by atoms with E-state index in [9.17, 15) is 21.6 Å². The van der Waals surface area contributed by atoms with Crippen LogP contribution in [0.1, 0.15) is 31.2 Å². The Morgan fingerprint density at radius 3 is 2.29 bits per heavy atom. The second-order valence-electron chi connectivity index (χ2n) is 6.19. The maximum atomic E-state index is 13.0. The summed E-state index contributed by atoms with van der Waals surface area (Å²) in [5, 5.41) is -0.0876. The van der Waals surface area contributed by atoms with Crippen molar-refractivity contribution in [2.45, 2.75) is 54.1 Å². The summed E-state index contributed by atoms with van der Waals surface area (Å²) in [5.41, 5.74) is -1.11. The van der Waals surface area contributed by atoms with Crippen LogP contribution in [0, 0.1) is 0 Å². The van der Waals surface area contributed by atoms with E-state index in [0.29, 0.717) is 11.3 Å². The Morgan fingerprint density at radius 1 is 1.21 bits per heavy atom. The molecule has 3 nitrogen and oxygen atoms in total. The number of nitrogens with zero attached hydrogens (tertiary/aromatic N) is 1. The van der Waals surface area contributed by atoms with Crippen LogP contribution in [0.4, 0.5) is 13.2 Å². The zero-order chi connectivity index (χ0) is 17.7. The monoisotopic (exact) mass is 399 g/mol. The molecule has 3 rings (SSSR count). The second kappa shape index (κ2) is 6.37. The number of alkyl halides is 3. The number of benzene rings is 1. The molecular formula is C15H17ClF3NO2S2. The Kier molecular flexibility index (Phi) is 4.87. The van der Waals surface area contributed by atoms with E-state index in [1.54, 1.807) is 11.8 Å². The molecule has 0 saturated carbocycles. The van der Waals surface area contributed by atoms with Crippen LogP contribution in [-0.2, 0) is 16.2 Å². The van der Waals surface area contributed by atoms with E-state index in [-0.39, 0.29) is 17.0 Å². The normalized spacial score (nSPS) is 28.3. The standard InChI is InChI=1S/C15H17ClF3NO2S2/c1-23-11-6-9-2-3-10(7-11)20(9)24(21,22)12-4-5-14(16)13(8-12)15(17,18)19/h4-5,8-11H,2-3,6-7H2,1H3. The largest absolute Gasteiger partial charge is 0.417 e. The summed E-state index contributed by atoms with van der Waals surface area (Å²) in [6, 6.07) is 2.56. The summed E-state index contributed by atoms with van der Waals surface area (Å²) < 4.78 is 66.4. The first-order valence-electron chi connectivity index (χ1n) is 7.57. The first-order valence-corrected chi connectivity index (χ1v) is 10.7. The molecule has 2 aliphatic heterocycles. The van der Waals surface area contributed by atoms with Crippen molar-refractivity contribution >= 4 is 33.4 Å². The second-order valence-corrected chi connectivity index (χ2v) is 9.58. The van der Waals surface area contributed by atoms with Crippen LogP contribution in [0.2, 0.25) is 5.02 Å². The summed E-state index contributed by atoms with van der Waals surface area (Å²) in [6.07, 6.45) is 0.338. The predicted molar refractivity (Wildman–Crippen MR) is 88.8 cm³/mol. The number of halogens is 4. The van der Waals surface area contributed by atoms with Crippen molar-refractivity contribution in [2.24, 2.45) is 0 Å². The molecule has 9 heteroatoms.